The van der Waals surface area contributed by atoms with Crippen molar-refractivity contribution in [3.63, 3.8) is 0 Å². The number of rotatable bonds is 1. The van der Waals surface area contributed by atoms with Gasteiger partial charge in [0.15, 0.2) is 0 Å². The van der Waals surface area contributed by atoms with E-state index in [4.69, 9.17) is 0 Å². The molecule has 0 spiro atoms. The first-order valence-electron chi connectivity index (χ1n) is 3.09. The normalized spacial score (nSPS) is 29.6. The fourth-order valence-corrected chi connectivity index (χ4v) is 6.63. The molecule has 0 N–H and O–H groups in total. The molecule has 8 heavy (non-hydrogen) atoms. The first-order valence-corrected chi connectivity index (χ1v) is 7.09. The SMILES string of the molecule is CC(C)C1CCS[Se]1. The van der Waals surface area contributed by atoms with Gasteiger partial charge in [0.2, 0.25) is 0 Å². The summed E-state index contributed by atoms with van der Waals surface area (Å²) in [5, 5.41) is 0. The van der Waals surface area contributed by atoms with Gasteiger partial charge in [-0.2, -0.15) is 0 Å². The fraction of sp³-hybridized carbons (Fsp3) is 1.00. The maximum atomic E-state index is 2.35. The Labute approximate surface area is 61.0 Å². The summed E-state index contributed by atoms with van der Waals surface area (Å²) in [6.45, 7) is 4.69. The molecule has 1 aliphatic heterocycles. The third-order valence-electron chi connectivity index (χ3n) is 1.42. The summed E-state index contributed by atoms with van der Waals surface area (Å²) >= 11 is 0.925. The molecule has 0 aromatic carbocycles. The number of hydrogen-bond donors (Lipinski definition) is 0. The van der Waals surface area contributed by atoms with Crippen molar-refractivity contribution in [2.75, 3.05) is 5.75 Å². The molecular formula is C6H12SSe. The first kappa shape index (κ1) is 6.98. The Hall–Kier alpha value is 0.869. The monoisotopic (exact) mass is 196 g/mol. The van der Waals surface area contributed by atoms with Crippen molar-refractivity contribution in [1.82, 2.24) is 0 Å². The minimum atomic E-state index is 0.925. The summed E-state index contributed by atoms with van der Waals surface area (Å²) in [6.07, 6.45) is 1.49. The van der Waals surface area contributed by atoms with Gasteiger partial charge in [0, 0.05) is 0 Å². The van der Waals surface area contributed by atoms with E-state index in [0.29, 0.717) is 0 Å². The van der Waals surface area contributed by atoms with Gasteiger partial charge in [-0.3, -0.25) is 0 Å². The van der Waals surface area contributed by atoms with Crippen LogP contribution in [0.1, 0.15) is 20.3 Å². The van der Waals surface area contributed by atoms with E-state index in [1.165, 1.54) is 12.2 Å². The zero-order valence-corrected chi connectivity index (χ0v) is 7.91. The van der Waals surface area contributed by atoms with Gasteiger partial charge in [0.1, 0.15) is 0 Å². The van der Waals surface area contributed by atoms with Crippen LogP contribution in [0.2, 0.25) is 4.82 Å². The molecule has 1 saturated heterocycles. The van der Waals surface area contributed by atoms with Crippen molar-refractivity contribution in [2.24, 2.45) is 5.92 Å². The van der Waals surface area contributed by atoms with Crippen LogP contribution in [0.4, 0.5) is 0 Å². The van der Waals surface area contributed by atoms with Gasteiger partial charge in [0.25, 0.3) is 0 Å². The zero-order chi connectivity index (χ0) is 5.98. The van der Waals surface area contributed by atoms with Crippen molar-refractivity contribution < 1.29 is 0 Å². The Kier molecular flexibility index (Phi) is 2.74. The minimum absolute atomic E-state index is 0.925. The molecule has 0 aromatic rings. The van der Waals surface area contributed by atoms with E-state index in [1.807, 2.05) is 0 Å². The average Bonchev–Trinajstić information content (AvgIpc) is 2.12. The van der Waals surface area contributed by atoms with Crippen molar-refractivity contribution in [3.05, 3.63) is 0 Å². The summed E-state index contributed by atoms with van der Waals surface area (Å²) in [6, 6.07) is 0. The van der Waals surface area contributed by atoms with E-state index < -0.39 is 0 Å². The topological polar surface area (TPSA) is 0 Å². The van der Waals surface area contributed by atoms with Crippen molar-refractivity contribution in [2.45, 2.75) is 25.1 Å². The van der Waals surface area contributed by atoms with Gasteiger partial charge in [-0.25, -0.2) is 0 Å². The molecule has 0 amide bonds. The van der Waals surface area contributed by atoms with Crippen LogP contribution in [-0.2, 0) is 0 Å². The molecule has 1 atom stereocenters. The fourth-order valence-electron chi connectivity index (χ4n) is 0.792. The third-order valence-corrected chi connectivity index (χ3v) is 7.30. The second-order valence-corrected chi connectivity index (χ2v) is 7.29. The molecule has 2 heteroatoms. The molecule has 1 heterocycles. The molecule has 0 bridgehead atoms. The molecular weight excluding hydrogens is 183 g/mol. The van der Waals surface area contributed by atoms with Gasteiger partial charge < -0.3 is 0 Å². The molecule has 1 unspecified atom stereocenters. The van der Waals surface area contributed by atoms with Crippen molar-refractivity contribution in [3.8, 4) is 0 Å². The van der Waals surface area contributed by atoms with Crippen LogP contribution >= 0.6 is 10.2 Å². The summed E-state index contributed by atoms with van der Waals surface area (Å²) < 4.78 is 0. The molecule has 0 nitrogen and oxygen atoms in total. The van der Waals surface area contributed by atoms with E-state index >= 15 is 0 Å². The maximum absolute atomic E-state index is 2.35. The van der Waals surface area contributed by atoms with E-state index in [0.717, 1.165) is 24.6 Å². The summed E-state index contributed by atoms with van der Waals surface area (Å²) in [5.74, 6) is 2.38. The Morgan fingerprint density at radius 3 is 2.62 bits per heavy atom. The predicted molar refractivity (Wildman–Crippen MR) is 41.4 cm³/mol. The first-order chi connectivity index (χ1) is 3.80. The molecule has 0 aromatic heterocycles. The summed E-state index contributed by atoms with van der Waals surface area (Å²) in [4.78, 5) is 1.09. The van der Waals surface area contributed by atoms with Gasteiger partial charge in [-0.05, 0) is 0 Å². The Morgan fingerprint density at radius 1 is 1.62 bits per heavy atom. The van der Waals surface area contributed by atoms with Crippen molar-refractivity contribution >= 4 is 24.0 Å². The third kappa shape index (κ3) is 1.68. The molecule has 0 radical (unpaired) electrons. The molecule has 48 valence electrons. The van der Waals surface area contributed by atoms with Crippen LogP contribution < -0.4 is 0 Å². The Balaban J connectivity index is 2.24. The summed E-state index contributed by atoms with van der Waals surface area (Å²) in [5.41, 5.74) is 0. The van der Waals surface area contributed by atoms with E-state index in [2.05, 4.69) is 24.0 Å². The quantitative estimate of drug-likeness (QED) is 0.578. The van der Waals surface area contributed by atoms with E-state index in [9.17, 15) is 0 Å². The average molecular weight is 195 g/mol. The van der Waals surface area contributed by atoms with Gasteiger partial charge in [0.05, 0.1) is 0 Å². The Morgan fingerprint density at radius 2 is 2.38 bits per heavy atom. The van der Waals surface area contributed by atoms with Crippen molar-refractivity contribution in [1.29, 1.82) is 0 Å². The molecule has 0 saturated carbocycles. The van der Waals surface area contributed by atoms with Gasteiger partial charge >= 0.3 is 60.8 Å². The second-order valence-electron chi connectivity index (χ2n) is 2.49. The predicted octanol–water partition coefficient (Wildman–Crippen LogP) is 2.19. The molecule has 0 aliphatic carbocycles. The van der Waals surface area contributed by atoms with Crippen LogP contribution in [0.15, 0.2) is 0 Å². The van der Waals surface area contributed by atoms with Crippen LogP contribution in [0.3, 0.4) is 0 Å². The molecule has 1 fully saturated rings. The molecule has 1 rings (SSSR count). The Bertz CT molecular complexity index is 66.9. The zero-order valence-electron chi connectivity index (χ0n) is 5.39. The van der Waals surface area contributed by atoms with Gasteiger partial charge in [-0.1, -0.05) is 0 Å². The summed E-state index contributed by atoms with van der Waals surface area (Å²) in [7, 11) is 2.17. The van der Waals surface area contributed by atoms with Crippen LogP contribution in [0.25, 0.3) is 0 Å². The van der Waals surface area contributed by atoms with Gasteiger partial charge in [-0.15, -0.1) is 0 Å². The van der Waals surface area contributed by atoms with E-state index in [-0.39, 0.29) is 0 Å². The molecule has 1 aliphatic rings. The van der Waals surface area contributed by atoms with Crippen LogP contribution in [0.5, 0.6) is 0 Å². The van der Waals surface area contributed by atoms with Crippen LogP contribution in [-0.4, -0.2) is 19.6 Å². The second kappa shape index (κ2) is 3.14. The van der Waals surface area contributed by atoms with E-state index in [1.54, 1.807) is 0 Å². The number of hydrogen-bond acceptors (Lipinski definition) is 1. The standard InChI is InChI=1S/C6H12SSe/c1-5(2)6-3-4-7-8-6/h5-6H,3-4H2,1-2H3. The van der Waals surface area contributed by atoms with Crippen LogP contribution in [0, 0.1) is 5.92 Å².